The number of Topliss-reactive ketones (excluding diaryl/α,β-unsaturated/α-hetero) is 1. The summed E-state index contributed by atoms with van der Waals surface area (Å²) in [4.78, 5) is 29.3. The molecule has 3 aliphatic rings. The molecular weight excluding hydrogens is 400 g/mol. The highest BCUT2D eigenvalue weighted by Crippen LogP contribution is 2.48. The van der Waals surface area contributed by atoms with Gasteiger partial charge in [0.15, 0.2) is 5.78 Å². The van der Waals surface area contributed by atoms with Crippen molar-refractivity contribution >= 4 is 23.1 Å². The molecule has 0 amide bonds. The van der Waals surface area contributed by atoms with Gasteiger partial charge in [-0.1, -0.05) is 13.8 Å². The van der Waals surface area contributed by atoms with Crippen LogP contribution in [0.3, 0.4) is 0 Å². The van der Waals surface area contributed by atoms with Crippen molar-refractivity contribution in [3.8, 4) is 0 Å². The molecular formula is C23H30N2O4S. The monoisotopic (exact) mass is 430 g/mol. The number of allylic oxidation sites excluding steroid dienone is 3. The third-order valence-corrected chi connectivity index (χ3v) is 7.16. The van der Waals surface area contributed by atoms with Crippen molar-refractivity contribution in [3.63, 3.8) is 0 Å². The van der Waals surface area contributed by atoms with E-state index in [9.17, 15) is 9.59 Å². The molecule has 0 saturated carbocycles. The minimum atomic E-state index is -0.377. The number of ether oxygens (including phenoxy) is 2. The summed E-state index contributed by atoms with van der Waals surface area (Å²) in [5.74, 6) is -0.617. The van der Waals surface area contributed by atoms with E-state index >= 15 is 0 Å². The van der Waals surface area contributed by atoms with Gasteiger partial charge in [-0.2, -0.15) is 0 Å². The summed E-state index contributed by atoms with van der Waals surface area (Å²) in [7, 11) is 1.40. The van der Waals surface area contributed by atoms with Crippen molar-refractivity contribution in [1.82, 2.24) is 10.2 Å². The highest BCUT2D eigenvalue weighted by Gasteiger charge is 2.43. The molecule has 1 aromatic rings. The zero-order valence-corrected chi connectivity index (χ0v) is 19.0. The first-order chi connectivity index (χ1) is 14.3. The predicted molar refractivity (Wildman–Crippen MR) is 116 cm³/mol. The van der Waals surface area contributed by atoms with Gasteiger partial charge in [0, 0.05) is 47.9 Å². The molecule has 162 valence electrons. The van der Waals surface area contributed by atoms with Crippen LogP contribution in [0.4, 0.5) is 0 Å². The fourth-order valence-corrected chi connectivity index (χ4v) is 5.77. The average molecular weight is 431 g/mol. The third kappa shape index (κ3) is 4.11. The van der Waals surface area contributed by atoms with Crippen LogP contribution in [0.5, 0.6) is 0 Å². The highest BCUT2D eigenvalue weighted by molar-refractivity contribution is 7.10. The van der Waals surface area contributed by atoms with Crippen LogP contribution in [0, 0.1) is 5.41 Å². The Labute approximate surface area is 181 Å². The summed E-state index contributed by atoms with van der Waals surface area (Å²) in [6, 6.07) is 2.16. The lowest BCUT2D eigenvalue weighted by Crippen LogP contribution is -2.38. The van der Waals surface area contributed by atoms with Gasteiger partial charge in [0.05, 0.1) is 31.8 Å². The van der Waals surface area contributed by atoms with Crippen LogP contribution in [-0.4, -0.2) is 50.1 Å². The number of ketones is 1. The van der Waals surface area contributed by atoms with Crippen molar-refractivity contribution in [1.29, 1.82) is 0 Å². The van der Waals surface area contributed by atoms with E-state index < -0.39 is 0 Å². The van der Waals surface area contributed by atoms with E-state index in [2.05, 4.69) is 35.5 Å². The maximum Gasteiger partial charge on any atom is 0.336 e. The maximum absolute atomic E-state index is 13.2. The first kappa shape index (κ1) is 21.3. The zero-order valence-electron chi connectivity index (χ0n) is 18.2. The van der Waals surface area contributed by atoms with Crippen LogP contribution >= 0.6 is 11.3 Å². The van der Waals surface area contributed by atoms with Gasteiger partial charge in [-0.15, -0.1) is 11.3 Å². The minimum absolute atomic E-state index is 0.0898. The number of carbonyl (C=O) groups excluding carboxylic acids is 2. The molecule has 30 heavy (non-hydrogen) atoms. The van der Waals surface area contributed by atoms with Crippen molar-refractivity contribution in [3.05, 3.63) is 44.4 Å². The van der Waals surface area contributed by atoms with E-state index in [1.54, 1.807) is 11.3 Å². The molecule has 0 aromatic carbocycles. The summed E-state index contributed by atoms with van der Waals surface area (Å²) >= 11 is 1.62. The number of morpholine rings is 1. The number of hydrogen-bond acceptors (Lipinski definition) is 7. The molecule has 0 bridgehead atoms. The SMILES string of the molecule is COC(=O)C1=C(C)NC2=C(C(=O)CC(C)(C)C2)[C@@H]1c1cc(CN2CCOCC2)cs1. The Balaban J connectivity index is 1.71. The quantitative estimate of drug-likeness (QED) is 0.739. The third-order valence-electron chi connectivity index (χ3n) is 6.11. The van der Waals surface area contributed by atoms with Gasteiger partial charge in [0.25, 0.3) is 0 Å². The molecule has 7 heteroatoms. The topological polar surface area (TPSA) is 67.9 Å². The number of hydrogen-bond donors (Lipinski definition) is 1. The molecule has 2 aliphatic heterocycles. The van der Waals surface area contributed by atoms with Gasteiger partial charge >= 0.3 is 5.97 Å². The van der Waals surface area contributed by atoms with Gasteiger partial charge in [0.1, 0.15) is 0 Å². The lowest BCUT2D eigenvalue weighted by Gasteiger charge is -2.39. The Morgan fingerprint density at radius 1 is 1.33 bits per heavy atom. The molecule has 1 N–H and O–H groups in total. The van der Waals surface area contributed by atoms with Gasteiger partial charge in [-0.3, -0.25) is 9.69 Å². The average Bonchev–Trinajstić information content (AvgIpc) is 3.14. The Morgan fingerprint density at radius 2 is 2.07 bits per heavy atom. The number of thiophene rings is 1. The molecule has 0 spiro atoms. The van der Waals surface area contributed by atoms with Crippen molar-refractivity contribution < 1.29 is 19.1 Å². The van der Waals surface area contributed by atoms with Crippen LogP contribution in [0.1, 0.15) is 50.0 Å². The minimum Gasteiger partial charge on any atom is -0.466 e. The van der Waals surface area contributed by atoms with Gasteiger partial charge in [-0.25, -0.2) is 4.79 Å². The summed E-state index contributed by atoms with van der Waals surface area (Å²) in [5.41, 5.74) is 4.13. The van der Waals surface area contributed by atoms with Gasteiger partial charge in [0.2, 0.25) is 0 Å². The van der Waals surface area contributed by atoms with Crippen LogP contribution in [0.2, 0.25) is 0 Å². The molecule has 1 atom stereocenters. The van der Waals surface area contributed by atoms with E-state index in [1.165, 1.54) is 12.7 Å². The molecule has 4 rings (SSSR count). The first-order valence-electron chi connectivity index (χ1n) is 10.5. The first-order valence-corrected chi connectivity index (χ1v) is 11.4. The number of nitrogens with one attached hydrogen (secondary N) is 1. The second-order valence-corrected chi connectivity index (χ2v) is 10.1. The highest BCUT2D eigenvalue weighted by atomic mass is 32.1. The van der Waals surface area contributed by atoms with Crippen LogP contribution in [-0.2, 0) is 25.6 Å². The van der Waals surface area contributed by atoms with Gasteiger partial charge < -0.3 is 14.8 Å². The summed E-state index contributed by atoms with van der Waals surface area (Å²) < 4.78 is 10.6. The van der Waals surface area contributed by atoms with Crippen LogP contribution in [0.25, 0.3) is 0 Å². The molecule has 0 radical (unpaired) electrons. The summed E-state index contributed by atoms with van der Waals surface area (Å²) in [6.45, 7) is 10.4. The van der Waals surface area contributed by atoms with Crippen molar-refractivity contribution in [2.24, 2.45) is 5.41 Å². The van der Waals surface area contributed by atoms with Gasteiger partial charge in [-0.05, 0) is 35.8 Å². The number of rotatable bonds is 4. The molecule has 3 heterocycles. The van der Waals surface area contributed by atoms with Crippen molar-refractivity contribution in [2.75, 3.05) is 33.4 Å². The smallest absolute Gasteiger partial charge is 0.336 e. The van der Waals surface area contributed by atoms with Crippen molar-refractivity contribution in [2.45, 2.75) is 46.1 Å². The Hall–Kier alpha value is -1.96. The summed E-state index contributed by atoms with van der Waals surface area (Å²) in [5, 5.41) is 5.51. The van der Waals surface area contributed by atoms with E-state index in [1.807, 2.05) is 6.92 Å². The number of nitrogens with zero attached hydrogens (tertiary/aromatic N) is 1. The fourth-order valence-electron chi connectivity index (χ4n) is 4.75. The molecule has 1 saturated heterocycles. The van der Waals surface area contributed by atoms with Crippen LogP contribution < -0.4 is 5.32 Å². The standard InChI is InChI=1S/C23H30N2O4S/c1-14-19(22(27)28-4)21(20-16(24-14)10-23(2,3)11-17(20)26)18-9-15(13-30-18)12-25-5-7-29-8-6-25/h9,13,21,24H,5-8,10-12H2,1-4H3/t21-/m1/s1. The Morgan fingerprint density at radius 3 is 2.77 bits per heavy atom. The van der Waals surface area contributed by atoms with E-state index in [0.29, 0.717) is 12.0 Å². The largest absolute Gasteiger partial charge is 0.466 e. The summed E-state index contributed by atoms with van der Waals surface area (Å²) in [6.07, 6.45) is 1.28. The lowest BCUT2D eigenvalue weighted by molar-refractivity contribution is -0.136. The Kier molecular flexibility index (Phi) is 5.88. The number of carbonyl (C=O) groups is 2. The second kappa shape index (κ2) is 8.29. The Bertz CT molecular complexity index is 921. The fraction of sp³-hybridized carbons (Fsp3) is 0.565. The van der Waals surface area contributed by atoms with E-state index in [4.69, 9.17) is 9.47 Å². The molecule has 6 nitrogen and oxygen atoms in total. The zero-order chi connectivity index (χ0) is 21.5. The van der Waals surface area contributed by atoms with Crippen LogP contribution in [0.15, 0.2) is 34.0 Å². The second-order valence-electron chi connectivity index (χ2n) is 9.17. The lowest BCUT2D eigenvalue weighted by atomic mass is 9.70. The maximum atomic E-state index is 13.2. The van der Waals surface area contributed by atoms with E-state index in [-0.39, 0.29) is 23.1 Å². The molecule has 1 aliphatic carbocycles. The number of methoxy groups -OCH3 is 1. The normalized spacial score (nSPS) is 24.5. The molecule has 1 aromatic heterocycles. The molecule has 1 fully saturated rings. The number of dihydropyridines is 1. The molecule has 0 unspecified atom stereocenters. The number of esters is 1. The van der Waals surface area contributed by atoms with E-state index in [0.717, 1.165) is 61.1 Å². The predicted octanol–water partition coefficient (Wildman–Crippen LogP) is 3.36.